The normalized spacial score (nSPS) is 13.0. The average molecular weight is 383 g/mol. The van der Waals surface area contributed by atoms with Crippen LogP contribution in [0, 0.1) is 6.92 Å². The molecule has 0 fully saturated rings. The minimum atomic E-state index is -0.377. The van der Waals surface area contributed by atoms with E-state index in [1.165, 1.54) is 13.2 Å². The summed E-state index contributed by atoms with van der Waals surface area (Å²) in [6, 6.07) is 3.54. The van der Waals surface area contributed by atoms with Crippen molar-refractivity contribution in [2.45, 2.75) is 6.92 Å². The van der Waals surface area contributed by atoms with Crippen molar-refractivity contribution >= 4 is 23.6 Å². The number of phenolic OH excluding ortho intramolecular Hbond substituents is 1. The van der Waals surface area contributed by atoms with Crippen molar-refractivity contribution in [3.63, 3.8) is 0 Å². The number of aromatic hydroxyl groups is 1. The third-order valence-corrected chi connectivity index (χ3v) is 3.66. The van der Waals surface area contributed by atoms with E-state index < -0.39 is 0 Å². The van der Waals surface area contributed by atoms with Gasteiger partial charge in [0.05, 0.1) is 12.1 Å². The summed E-state index contributed by atoms with van der Waals surface area (Å²) in [4.78, 5) is 10.8. The maximum Gasteiger partial charge on any atom is 0.330 e. The van der Waals surface area contributed by atoms with Crippen molar-refractivity contribution in [1.82, 2.24) is 0 Å². The molecule has 0 spiro atoms. The van der Waals surface area contributed by atoms with Gasteiger partial charge in [0.2, 0.25) is 0 Å². The molecule has 1 N–H and O–H groups in total. The van der Waals surface area contributed by atoms with Crippen LogP contribution in [0.4, 0.5) is 0 Å². The van der Waals surface area contributed by atoms with Crippen LogP contribution in [0.3, 0.4) is 0 Å². The molecule has 0 radical (unpaired) electrons. The van der Waals surface area contributed by atoms with E-state index in [2.05, 4.69) is 4.74 Å². The maximum atomic E-state index is 10.8. The number of methoxy groups -OCH3 is 1. The molecule has 0 amide bonds. The third kappa shape index (κ3) is 9.28. The number of rotatable bonds is 8. The minimum Gasteiger partial charge on any atom is -0.506 e. The first kappa shape index (κ1) is 22.0. The third-order valence-electron chi connectivity index (χ3n) is 3.36. The van der Waals surface area contributed by atoms with Crippen LogP contribution in [-0.2, 0) is 9.53 Å². The molecule has 1 aromatic carbocycles. The molecule has 1 rings (SSSR count). The topological polar surface area (TPSA) is 46.5 Å². The van der Waals surface area contributed by atoms with E-state index in [4.69, 9.17) is 11.6 Å². The van der Waals surface area contributed by atoms with E-state index in [-0.39, 0.29) is 11.7 Å². The van der Waals surface area contributed by atoms with Crippen LogP contribution in [0.5, 0.6) is 5.75 Å². The SMILES string of the molecule is COC(=O)/C=C/C=C/C=C/C=C/C=C/C=C/C=C/c1ccc(Cl)c(O)c1C. The molecule has 27 heavy (non-hydrogen) atoms. The summed E-state index contributed by atoms with van der Waals surface area (Å²) >= 11 is 5.86. The van der Waals surface area contributed by atoms with Crippen LogP contribution < -0.4 is 0 Å². The molecule has 0 aliphatic rings. The first-order chi connectivity index (χ1) is 13.1. The highest BCUT2D eigenvalue weighted by atomic mass is 35.5. The molecule has 0 saturated heterocycles. The van der Waals surface area contributed by atoms with E-state index in [1.807, 2.05) is 79.8 Å². The number of halogens is 1. The predicted molar refractivity (Wildman–Crippen MR) is 114 cm³/mol. The van der Waals surface area contributed by atoms with Gasteiger partial charge in [0, 0.05) is 6.08 Å². The van der Waals surface area contributed by atoms with Crippen molar-refractivity contribution in [2.24, 2.45) is 0 Å². The van der Waals surface area contributed by atoms with Gasteiger partial charge in [0.25, 0.3) is 0 Å². The second kappa shape index (κ2) is 13.2. The second-order valence-corrected chi connectivity index (χ2v) is 5.68. The number of benzene rings is 1. The van der Waals surface area contributed by atoms with Crippen molar-refractivity contribution < 1.29 is 14.6 Å². The number of carbonyl (C=O) groups excluding carboxylic acids is 1. The average Bonchev–Trinajstić information content (AvgIpc) is 2.67. The van der Waals surface area contributed by atoms with E-state index >= 15 is 0 Å². The molecule has 0 heterocycles. The lowest BCUT2D eigenvalue weighted by atomic mass is 10.1. The Kier molecular flexibility index (Phi) is 10.8. The first-order valence-corrected chi connectivity index (χ1v) is 8.68. The van der Waals surface area contributed by atoms with Crippen molar-refractivity contribution in [3.8, 4) is 5.75 Å². The van der Waals surface area contributed by atoms with Crippen LogP contribution in [-0.4, -0.2) is 18.2 Å². The zero-order valence-electron chi connectivity index (χ0n) is 15.4. The number of hydrogen-bond donors (Lipinski definition) is 1. The molecule has 0 bridgehead atoms. The van der Waals surface area contributed by atoms with E-state index in [9.17, 15) is 9.90 Å². The fraction of sp³-hybridized carbons (Fsp3) is 0.0870. The molecule has 140 valence electrons. The van der Waals surface area contributed by atoms with Crippen LogP contribution >= 0.6 is 11.6 Å². The standard InChI is InChI=1S/C23H23ClO3/c1-19-20(17-18-21(24)23(19)26)15-13-11-9-7-5-3-4-6-8-10-12-14-16-22(25)27-2/h3-18,26H,1-2H3/b4-3+,7-5+,8-6+,11-9+,12-10+,15-13+,16-14+. The lowest BCUT2D eigenvalue weighted by Crippen LogP contribution is -1.92. The number of ether oxygens (including phenoxy) is 1. The van der Waals surface area contributed by atoms with Crippen LogP contribution in [0.15, 0.2) is 91.1 Å². The molecule has 4 heteroatoms. The van der Waals surface area contributed by atoms with E-state index in [1.54, 1.807) is 18.2 Å². The van der Waals surface area contributed by atoms with Crippen molar-refractivity contribution in [3.05, 3.63) is 107 Å². The van der Waals surface area contributed by atoms with Crippen molar-refractivity contribution in [1.29, 1.82) is 0 Å². The van der Waals surface area contributed by atoms with Crippen LogP contribution in [0.1, 0.15) is 11.1 Å². The van der Waals surface area contributed by atoms with Gasteiger partial charge in [0.15, 0.2) is 0 Å². The Bertz CT molecular complexity index is 822. The molecule has 0 aromatic heterocycles. The molecule has 0 saturated carbocycles. The van der Waals surface area contributed by atoms with Gasteiger partial charge in [-0.1, -0.05) is 96.7 Å². The summed E-state index contributed by atoms with van der Waals surface area (Å²) < 4.78 is 4.47. The van der Waals surface area contributed by atoms with Crippen LogP contribution in [0.2, 0.25) is 5.02 Å². The van der Waals surface area contributed by atoms with Crippen molar-refractivity contribution in [2.75, 3.05) is 7.11 Å². The molecular weight excluding hydrogens is 360 g/mol. The molecule has 1 aromatic rings. The highest BCUT2D eigenvalue weighted by molar-refractivity contribution is 6.32. The first-order valence-electron chi connectivity index (χ1n) is 8.30. The minimum absolute atomic E-state index is 0.121. The molecule has 0 aliphatic heterocycles. The second-order valence-electron chi connectivity index (χ2n) is 5.28. The zero-order valence-corrected chi connectivity index (χ0v) is 16.1. The van der Waals surface area contributed by atoms with Gasteiger partial charge in [-0.2, -0.15) is 0 Å². The molecule has 3 nitrogen and oxygen atoms in total. The van der Waals surface area contributed by atoms with E-state index in [0.29, 0.717) is 5.02 Å². The van der Waals surface area contributed by atoms with E-state index in [0.717, 1.165) is 11.1 Å². The number of hydrogen-bond acceptors (Lipinski definition) is 3. The Morgan fingerprint density at radius 3 is 1.89 bits per heavy atom. The summed E-state index contributed by atoms with van der Waals surface area (Å²) in [5.41, 5.74) is 1.68. The summed E-state index contributed by atoms with van der Waals surface area (Å²) in [5, 5.41) is 10.1. The van der Waals surface area contributed by atoms with Gasteiger partial charge < -0.3 is 9.84 Å². The molecule has 0 unspecified atom stereocenters. The Hall–Kier alpha value is -3.04. The summed E-state index contributed by atoms with van der Waals surface area (Å²) in [6.07, 6.45) is 25.5. The molecule has 0 atom stereocenters. The summed E-state index contributed by atoms with van der Waals surface area (Å²) in [5.74, 6) is -0.256. The Labute approximate surface area is 165 Å². The van der Waals surface area contributed by atoms with Gasteiger partial charge in [0.1, 0.15) is 5.75 Å². The number of esters is 1. The monoisotopic (exact) mass is 382 g/mol. The number of allylic oxidation sites excluding steroid dienone is 12. The predicted octanol–water partition coefficient (Wildman–Crippen LogP) is 5.88. The van der Waals surface area contributed by atoms with Gasteiger partial charge in [-0.3, -0.25) is 0 Å². The fourth-order valence-corrected chi connectivity index (χ4v) is 2.07. The number of carbonyl (C=O) groups is 1. The quantitative estimate of drug-likeness (QED) is 0.347. The van der Waals surface area contributed by atoms with Crippen LogP contribution in [0.25, 0.3) is 6.08 Å². The summed E-state index contributed by atoms with van der Waals surface area (Å²) in [6.45, 7) is 1.83. The largest absolute Gasteiger partial charge is 0.506 e. The van der Waals surface area contributed by atoms with Gasteiger partial charge in [-0.05, 0) is 24.1 Å². The Morgan fingerprint density at radius 1 is 0.889 bits per heavy atom. The lowest BCUT2D eigenvalue weighted by Gasteiger charge is -2.04. The summed E-state index contributed by atoms with van der Waals surface area (Å²) in [7, 11) is 1.34. The maximum absolute atomic E-state index is 10.8. The Morgan fingerprint density at radius 2 is 1.37 bits per heavy atom. The smallest absolute Gasteiger partial charge is 0.330 e. The highest BCUT2D eigenvalue weighted by Gasteiger charge is 2.04. The lowest BCUT2D eigenvalue weighted by molar-refractivity contribution is -0.134. The highest BCUT2D eigenvalue weighted by Crippen LogP contribution is 2.29. The van der Waals surface area contributed by atoms with Gasteiger partial charge >= 0.3 is 5.97 Å². The molecule has 0 aliphatic carbocycles. The van der Waals surface area contributed by atoms with Gasteiger partial charge in [-0.25, -0.2) is 4.79 Å². The van der Waals surface area contributed by atoms with Gasteiger partial charge in [-0.15, -0.1) is 0 Å². The molecular formula is C23H23ClO3. The number of phenols is 1. The Balaban J connectivity index is 2.38. The fourth-order valence-electron chi connectivity index (χ4n) is 1.87. The zero-order chi connectivity index (χ0) is 19.9.